The second-order valence-corrected chi connectivity index (χ2v) is 4.66. The van der Waals surface area contributed by atoms with Crippen molar-refractivity contribution in [3.8, 4) is 0 Å². The summed E-state index contributed by atoms with van der Waals surface area (Å²) in [5.41, 5.74) is 7.36. The molecule has 2 rings (SSSR count). The number of ether oxygens (including phenoxy) is 1. The van der Waals surface area contributed by atoms with Crippen molar-refractivity contribution >= 4 is 29.2 Å². The first-order valence-corrected chi connectivity index (χ1v) is 6.64. The Bertz CT molecular complexity index is 701. The van der Waals surface area contributed by atoms with E-state index < -0.39 is 0 Å². The Morgan fingerprint density at radius 3 is 2.67 bits per heavy atom. The predicted octanol–water partition coefficient (Wildman–Crippen LogP) is 1.81. The Balaban J connectivity index is 2.75. The number of allylic oxidation sites excluding steroid dienone is 1. The molecular weight excluding hydrogens is 268 g/mol. The van der Waals surface area contributed by atoms with E-state index in [-0.39, 0.29) is 5.95 Å². The van der Waals surface area contributed by atoms with E-state index in [0.29, 0.717) is 23.0 Å². The molecule has 0 aromatic carbocycles. The van der Waals surface area contributed by atoms with Crippen molar-refractivity contribution in [2.75, 3.05) is 31.8 Å². The van der Waals surface area contributed by atoms with E-state index >= 15 is 0 Å². The molecule has 0 unspecified atom stereocenters. The van der Waals surface area contributed by atoms with Gasteiger partial charge >= 0.3 is 0 Å². The zero-order valence-corrected chi connectivity index (χ0v) is 12.8. The summed E-state index contributed by atoms with van der Waals surface area (Å²) in [6, 6.07) is 0. The molecule has 7 nitrogen and oxygen atoms in total. The molecule has 21 heavy (non-hydrogen) atoms. The van der Waals surface area contributed by atoms with Crippen LogP contribution in [0.1, 0.15) is 24.7 Å². The molecule has 0 aliphatic rings. The minimum atomic E-state index is 0.269. The maximum atomic E-state index is 5.98. The summed E-state index contributed by atoms with van der Waals surface area (Å²) in [6.45, 7) is 5.85. The third kappa shape index (κ3) is 2.54. The topological polar surface area (TPSA) is 81.6 Å². The third-order valence-corrected chi connectivity index (χ3v) is 2.98. The second kappa shape index (κ2) is 5.82. The van der Waals surface area contributed by atoms with E-state index in [1.807, 2.05) is 32.0 Å². The molecule has 2 aromatic rings. The number of hydrogen-bond donors (Lipinski definition) is 1. The lowest BCUT2D eigenvalue weighted by atomic mass is 10.2. The van der Waals surface area contributed by atoms with E-state index in [4.69, 9.17) is 10.5 Å². The molecule has 2 heterocycles. The lowest BCUT2D eigenvalue weighted by Crippen LogP contribution is -2.15. The molecule has 0 amide bonds. The summed E-state index contributed by atoms with van der Waals surface area (Å²) >= 11 is 0. The van der Waals surface area contributed by atoms with Gasteiger partial charge in [0.25, 0.3) is 0 Å². The highest BCUT2D eigenvalue weighted by molar-refractivity contribution is 5.77. The van der Waals surface area contributed by atoms with Crippen LogP contribution in [0.4, 0.5) is 11.8 Å². The summed E-state index contributed by atoms with van der Waals surface area (Å²) in [4.78, 5) is 10.7. The van der Waals surface area contributed by atoms with E-state index in [1.54, 1.807) is 13.2 Å². The number of nitrogens with two attached hydrogens (primary N) is 1. The number of aromatic nitrogens is 4. The maximum absolute atomic E-state index is 5.98. The van der Waals surface area contributed by atoms with Crippen LogP contribution in [0.15, 0.2) is 12.7 Å². The van der Waals surface area contributed by atoms with Crippen LogP contribution in [0.3, 0.4) is 0 Å². The lowest BCUT2D eigenvalue weighted by molar-refractivity contribution is 0.365. The first kappa shape index (κ1) is 14.8. The van der Waals surface area contributed by atoms with Crippen LogP contribution in [-0.4, -0.2) is 40.8 Å². The van der Waals surface area contributed by atoms with Gasteiger partial charge in [0.1, 0.15) is 5.82 Å². The molecule has 0 saturated carbocycles. The molecule has 0 bridgehead atoms. The van der Waals surface area contributed by atoms with E-state index in [0.717, 1.165) is 12.0 Å². The monoisotopic (exact) mass is 288 g/mol. The Morgan fingerprint density at radius 2 is 2.14 bits per heavy atom. The van der Waals surface area contributed by atoms with Gasteiger partial charge < -0.3 is 15.4 Å². The molecule has 0 radical (unpaired) electrons. The van der Waals surface area contributed by atoms with Crippen LogP contribution in [0.25, 0.3) is 17.5 Å². The van der Waals surface area contributed by atoms with Crippen LogP contribution in [0.2, 0.25) is 0 Å². The number of rotatable bonds is 5. The van der Waals surface area contributed by atoms with Crippen molar-refractivity contribution in [2.24, 2.45) is 0 Å². The number of methoxy groups -OCH3 is 1. The SMILES string of the molecule is C=Cc1c(N(C)C)nc(N)n2nc(/C(=C/CC)OC)nc12. The van der Waals surface area contributed by atoms with E-state index in [2.05, 4.69) is 21.6 Å². The molecule has 7 heteroatoms. The van der Waals surface area contributed by atoms with Crippen molar-refractivity contribution in [1.29, 1.82) is 0 Å². The van der Waals surface area contributed by atoms with Crippen molar-refractivity contribution in [3.63, 3.8) is 0 Å². The fourth-order valence-electron chi connectivity index (χ4n) is 2.04. The minimum Gasteiger partial charge on any atom is -0.493 e. The molecule has 0 fully saturated rings. The van der Waals surface area contributed by atoms with Gasteiger partial charge in [-0.15, -0.1) is 5.10 Å². The highest BCUT2D eigenvalue weighted by atomic mass is 16.5. The summed E-state index contributed by atoms with van der Waals surface area (Å²) in [7, 11) is 5.37. The number of anilines is 2. The normalized spacial score (nSPS) is 11.7. The Hall–Kier alpha value is -2.57. The largest absolute Gasteiger partial charge is 0.493 e. The van der Waals surface area contributed by atoms with Crippen LogP contribution < -0.4 is 10.6 Å². The average Bonchev–Trinajstić information content (AvgIpc) is 2.89. The molecule has 0 aliphatic carbocycles. The maximum Gasteiger partial charge on any atom is 0.225 e. The zero-order valence-electron chi connectivity index (χ0n) is 12.8. The number of hydrogen-bond acceptors (Lipinski definition) is 6. The van der Waals surface area contributed by atoms with Gasteiger partial charge in [-0.1, -0.05) is 19.6 Å². The summed E-state index contributed by atoms with van der Waals surface area (Å²) in [6.07, 6.45) is 4.44. The molecular formula is C14H20N6O. The van der Waals surface area contributed by atoms with Crippen LogP contribution in [-0.2, 0) is 4.74 Å². The zero-order chi connectivity index (χ0) is 15.6. The minimum absolute atomic E-state index is 0.269. The number of fused-ring (bicyclic) bond motifs is 1. The Morgan fingerprint density at radius 1 is 1.43 bits per heavy atom. The van der Waals surface area contributed by atoms with Crippen molar-refractivity contribution in [1.82, 2.24) is 19.6 Å². The fourth-order valence-corrected chi connectivity index (χ4v) is 2.04. The van der Waals surface area contributed by atoms with Gasteiger partial charge in [0, 0.05) is 14.1 Å². The van der Waals surface area contributed by atoms with Crippen LogP contribution >= 0.6 is 0 Å². The van der Waals surface area contributed by atoms with Gasteiger partial charge in [-0.25, -0.2) is 4.98 Å². The smallest absolute Gasteiger partial charge is 0.225 e. The first-order chi connectivity index (χ1) is 10.0. The second-order valence-electron chi connectivity index (χ2n) is 4.66. The molecule has 2 aromatic heterocycles. The van der Waals surface area contributed by atoms with Crippen LogP contribution in [0, 0.1) is 0 Å². The van der Waals surface area contributed by atoms with E-state index in [9.17, 15) is 0 Å². The van der Waals surface area contributed by atoms with Gasteiger partial charge in [0.05, 0.1) is 12.7 Å². The van der Waals surface area contributed by atoms with Crippen LogP contribution in [0.5, 0.6) is 0 Å². The first-order valence-electron chi connectivity index (χ1n) is 6.64. The van der Waals surface area contributed by atoms with Crippen molar-refractivity contribution in [2.45, 2.75) is 13.3 Å². The lowest BCUT2D eigenvalue weighted by Gasteiger charge is -2.15. The fraction of sp³-hybridized carbons (Fsp3) is 0.357. The highest BCUT2D eigenvalue weighted by Gasteiger charge is 2.18. The quantitative estimate of drug-likeness (QED) is 0.845. The molecule has 0 atom stereocenters. The van der Waals surface area contributed by atoms with Crippen molar-refractivity contribution in [3.05, 3.63) is 24.0 Å². The average molecular weight is 288 g/mol. The molecule has 2 N–H and O–H groups in total. The summed E-state index contributed by atoms with van der Waals surface area (Å²) < 4.78 is 6.82. The molecule has 112 valence electrons. The van der Waals surface area contributed by atoms with Crippen molar-refractivity contribution < 1.29 is 4.74 Å². The molecule has 0 saturated heterocycles. The van der Waals surface area contributed by atoms with Gasteiger partial charge in [0.15, 0.2) is 11.4 Å². The standard InChI is InChI=1S/C14H20N6O/c1-6-8-10(21-5)11-16-13-9(7-2)12(19(3)4)17-14(15)20(13)18-11/h7-8H,2,6H2,1,3-5H3,(H2,15,17)/b10-8-. The van der Waals surface area contributed by atoms with E-state index in [1.165, 1.54) is 4.52 Å². The number of nitrogen functional groups attached to an aromatic ring is 1. The predicted molar refractivity (Wildman–Crippen MR) is 84.9 cm³/mol. The Labute approximate surface area is 123 Å². The van der Waals surface area contributed by atoms with Gasteiger partial charge in [-0.3, -0.25) is 0 Å². The van der Waals surface area contributed by atoms with Gasteiger partial charge in [-0.05, 0) is 12.5 Å². The Kier molecular flexibility index (Phi) is 4.11. The third-order valence-electron chi connectivity index (χ3n) is 2.98. The number of nitrogens with zero attached hydrogens (tertiary/aromatic N) is 5. The molecule has 0 aliphatic heterocycles. The molecule has 0 spiro atoms. The van der Waals surface area contributed by atoms with Gasteiger partial charge in [-0.2, -0.15) is 9.50 Å². The summed E-state index contributed by atoms with van der Waals surface area (Å²) in [5.74, 6) is 2.06. The highest BCUT2D eigenvalue weighted by Crippen LogP contribution is 2.25. The van der Waals surface area contributed by atoms with Gasteiger partial charge in [0.2, 0.25) is 11.8 Å². The summed E-state index contributed by atoms with van der Waals surface area (Å²) in [5, 5.41) is 4.37.